The van der Waals surface area contributed by atoms with Gasteiger partial charge in [0.25, 0.3) is 5.91 Å². The maximum atomic E-state index is 12.2. The number of likely N-dealkylation sites (N-methyl/N-ethyl adjacent to an activating group) is 1. The van der Waals surface area contributed by atoms with Crippen LogP contribution < -0.4 is 10.2 Å². The average molecular weight is 352 g/mol. The number of anilines is 1. The van der Waals surface area contributed by atoms with E-state index in [-0.39, 0.29) is 5.91 Å². The van der Waals surface area contributed by atoms with Gasteiger partial charge < -0.3 is 10.2 Å². The van der Waals surface area contributed by atoms with Crippen LogP contribution in [0.4, 0.5) is 5.69 Å². The van der Waals surface area contributed by atoms with Crippen LogP contribution >= 0.6 is 23.2 Å². The number of hydrogen-bond donors (Lipinski definition) is 2. The van der Waals surface area contributed by atoms with Crippen molar-refractivity contribution in [3.8, 4) is 0 Å². The molecular weight excluding hydrogens is 331 g/mol. The van der Waals surface area contributed by atoms with Gasteiger partial charge in [0, 0.05) is 11.3 Å². The van der Waals surface area contributed by atoms with Crippen LogP contribution in [-0.4, -0.2) is 19.5 Å². The number of benzene rings is 2. The number of aryl methyl sites for hydroxylation is 2. The molecule has 5 heteroatoms. The Morgan fingerprint density at radius 1 is 1.17 bits per heavy atom. The van der Waals surface area contributed by atoms with Gasteiger partial charge in [-0.3, -0.25) is 4.79 Å². The smallest absolute Gasteiger partial charge is 0.279 e. The molecule has 23 heavy (non-hydrogen) atoms. The third kappa shape index (κ3) is 4.96. The van der Waals surface area contributed by atoms with E-state index < -0.39 is 0 Å². The predicted molar refractivity (Wildman–Crippen MR) is 96.5 cm³/mol. The van der Waals surface area contributed by atoms with Crippen molar-refractivity contribution < 1.29 is 9.69 Å². The molecule has 0 bridgehead atoms. The van der Waals surface area contributed by atoms with Gasteiger partial charge in [0.15, 0.2) is 6.54 Å². The van der Waals surface area contributed by atoms with Crippen molar-refractivity contribution in [2.75, 3.05) is 18.9 Å². The van der Waals surface area contributed by atoms with E-state index in [0.717, 1.165) is 27.3 Å². The fourth-order valence-corrected chi connectivity index (χ4v) is 2.80. The summed E-state index contributed by atoms with van der Waals surface area (Å²) in [5, 5.41) is 4.07. The summed E-state index contributed by atoms with van der Waals surface area (Å²) >= 11 is 12.2. The van der Waals surface area contributed by atoms with Crippen molar-refractivity contribution in [3.05, 3.63) is 63.1 Å². The maximum Gasteiger partial charge on any atom is 0.279 e. The van der Waals surface area contributed by atoms with Crippen molar-refractivity contribution >= 4 is 34.8 Å². The molecule has 122 valence electrons. The maximum absolute atomic E-state index is 12.2. The summed E-state index contributed by atoms with van der Waals surface area (Å²) < 4.78 is 0. The van der Waals surface area contributed by atoms with E-state index in [4.69, 9.17) is 23.2 Å². The Morgan fingerprint density at radius 2 is 1.91 bits per heavy atom. The third-order valence-corrected chi connectivity index (χ3v) is 4.51. The molecule has 0 radical (unpaired) electrons. The van der Waals surface area contributed by atoms with Crippen LogP contribution in [0.2, 0.25) is 10.0 Å². The lowest BCUT2D eigenvalue weighted by Crippen LogP contribution is -3.08. The predicted octanol–water partition coefficient (Wildman–Crippen LogP) is 3.26. The first-order chi connectivity index (χ1) is 10.9. The third-order valence-electron chi connectivity index (χ3n) is 3.65. The van der Waals surface area contributed by atoms with E-state index in [1.807, 2.05) is 51.2 Å². The van der Waals surface area contributed by atoms with E-state index in [1.54, 1.807) is 6.07 Å². The summed E-state index contributed by atoms with van der Waals surface area (Å²) in [7, 11) is 1.96. The molecule has 0 fully saturated rings. The minimum atomic E-state index is -0.0191. The summed E-state index contributed by atoms with van der Waals surface area (Å²) in [6.07, 6.45) is 0. The fourth-order valence-electron chi connectivity index (χ4n) is 2.41. The molecule has 0 aliphatic rings. The Hall–Kier alpha value is -1.55. The molecule has 2 N–H and O–H groups in total. The molecule has 1 amide bonds. The van der Waals surface area contributed by atoms with E-state index in [0.29, 0.717) is 23.1 Å². The van der Waals surface area contributed by atoms with Gasteiger partial charge in [-0.25, -0.2) is 0 Å². The topological polar surface area (TPSA) is 33.5 Å². The van der Waals surface area contributed by atoms with Crippen LogP contribution in [0, 0.1) is 13.8 Å². The van der Waals surface area contributed by atoms with Crippen LogP contribution in [0.15, 0.2) is 36.4 Å². The van der Waals surface area contributed by atoms with Crippen LogP contribution in [0.1, 0.15) is 16.7 Å². The summed E-state index contributed by atoms with van der Waals surface area (Å²) in [6.45, 7) is 4.99. The van der Waals surface area contributed by atoms with E-state index in [9.17, 15) is 4.79 Å². The monoisotopic (exact) mass is 351 g/mol. The Morgan fingerprint density at radius 3 is 2.65 bits per heavy atom. The Balaban J connectivity index is 1.97. The zero-order chi connectivity index (χ0) is 17.0. The van der Waals surface area contributed by atoms with Crippen molar-refractivity contribution in [2.45, 2.75) is 20.4 Å². The largest absolute Gasteiger partial charge is 0.326 e. The lowest BCUT2D eigenvalue weighted by atomic mass is 10.1. The van der Waals surface area contributed by atoms with Gasteiger partial charge in [0.1, 0.15) is 6.54 Å². The lowest BCUT2D eigenvalue weighted by molar-refractivity contribution is -0.885. The van der Waals surface area contributed by atoms with Gasteiger partial charge >= 0.3 is 0 Å². The minimum Gasteiger partial charge on any atom is -0.326 e. The fraction of sp³-hybridized carbons (Fsp3) is 0.278. The molecule has 0 aliphatic carbocycles. The van der Waals surface area contributed by atoms with Gasteiger partial charge in [-0.2, -0.15) is 0 Å². The summed E-state index contributed by atoms with van der Waals surface area (Å²) in [4.78, 5) is 13.3. The zero-order valence-electron chi connectivity index (χ0n) is 13.5. The molecule has 0 aromatic heterocycles. The Labute approximate surface area is 147 Å². The number of hydrogen-bond acceptors (Lipinski definition) is 1. The molecule has 1 unspecified atom stereocenters. The Bertz CT molecular complexity index is 716. The van der Waals surface area contributed by atoms with Crippen molar-refractivity contribution in [2.24, 2.45) is 0 Å². The molecule has 0 aliphatic heterocycles. The van der Waals surface area contributed by atoms with Crippen LogP contribution in [0.3, 0.4) is 0 Å². The minimum absolute atomic E-state index is 0.0191. The number of carbonyl (C=O) groups is 1. The quantitative estimate of drug-likeness (QED) is 0.851. The molecule has 3 nitrogen and oxygen atoms in total. The molecule has 0 saturated heterocycles. The highest BCUT2D eigenvalue weighted by Crippen LogP contribution is 2.24. The van der Waals surface area contributed by atoms with Gasteiger partial charge in [-0.05, 0) is 37.1 Å². The molecule has 2 aromatic carbocycles. The Kier molecular flexibility index (Phi) is 6.05. The van der Waals surface area contributed by atoms with E-state index in [2.05, 4.69) is 5.32 Å². The van der Waals surface area contributed by atoms with Crippen molar-refractivity contribution in [3.63, 3.8) is 0 Å². The number of carbonyl (C=O) groups excluding carboxylic acids is 1. The average Bonchev–Trinajstić information content (AvgIpc) is 2.47. The SMILES string of the molecule is Cc1ccc(C)c(NC(=O)C[NH+](C)Cc2cccc(Cl)c2Cl)c1. The normalized spacial score (nSPS) is 12.0. The number of nitrogens with one attached hydrogen (secondary N) is 2. The van der Waals surface area contributed by atoms with Crippen molar-refractivity contribution in [1.29, 1.82) is 0 Å². The first-order valence-electron chi connectivity index (χ1n) is 7.48. The van der Waals surface area contributed by atoms with Crippen LogP contribution in [0.5, 0.6) is 0 Å². The van der Waals surface area contributed by atoms with Crippen LogP contribution in [-0.2, 0) is 11.3 Å². The molecule has 1 atom stereocenters. The second kappa shape index (κ2) is 7.82. The second-order valence-corrected chi connectivity index (χ2v) is 6.68. The number of quaternary nitrogens is 1. The lowest BCUT2D eigenvalue weighted by Gasteiger charge is -2.16. The molecular formula is C18H21Cl2N2O+. The highest BCUT2D eigenvalue weighted by Gasteiger charge is 2.14. The molecule has 0 spiro atoms. The summed E-state index contributed by atoms with van der Waals surface area (Å²) in [5.41, 5.74) is 3.98. The number of halogens is 2. The molecule has 0 heterocycles. The van der Waals surface area contributed by atoms with E-state index in [1.165, 1.54) is 0 Å². The standard InChI is InChI=1S/C18H20Cl2N2O/c1-12-7-8-13(2)16(9-12)21-17(23)11-22(3)10-14-5-4-6-15(19)18(14)20/h4-9H,10-11H2,1-3H3,(H,21,23)/p+1. The van der Waals surface area contributed by atoms with Crippen LogP contribution in [0.25, 0.3) is 0 Å². The highest BCUT2D eigenvalue weighted by atomic mass is 35.5. The second-order valence-electron chi connectivity index (χ2n) is 5.89. The number of amides is 1. The van der Waals surface area contributed by atoms with Gasteiger partial charge in [0.2, 0.25) is 0 Å². The first kappa shape index (κ1) is 17.8. The first-order valence-corrected chi connectivity index (χ1v) is 8.23. The summed E-state index contributed by atoms with van der Waals surface area (Å²) in [6, 6.07) is 11.6. The van der Waals surface area contributed by atoms with Crippen molar-refractivity contribution in [1.82, 2.24) is 0 Å². The summed E-state index contributed by atoms with van der Waals surface area (Å²) in [5.74, 6) is -0.0191. The number of rotatable bonds is 5. The molecule has 2 rings (SSSR count). The highest BCUT2D eigenvalue weighted by molar-refractivity contribution is 6.42. The molecule has 0 saturated carbocycles. The zero-order valence-corrected chi connectivity index (χ0v) is 15.1. The van der Waals surface area contributed by atoms with E-state index >= 15 is 0 Å². The van der Waals surface area contributed by atoms with Gasteiger partial charge in [0.05, 0.1) is 17.1 Å². The molecule has 2 aromatic rings. The van der Waals surface area contributed by atoms with Gasteiger partial charge in [-0.15, -0.1) is 0 Å². The van der Waals surface area contributed by atoms with Gasteiger partial charge in [-0.1, -0.05) is 47.5 Å².